The van der Waals surface area contributed by atoms with Crippen LogP contribution in [0, 0.1) is 0 Å². The average molecular weight is 219 g/mol. The fourth-order valence-corrected chi connectivity index (χ4v) is 1.06. The van der Waals surface area contributed by atoms with Crippen molar-refractivity contribution in [2.45, 2.75) is 5.38 Å². The molecule has 1 heterocycles. The number of barbiturate groups is 1. The van der Waals surface area contributed by atoms with E-state index in [1.165, 1.54) is 0 Å². The summed E-state index contributed by atoms with van der Waals surface area (Å²) in [6.45, 7) is 0. The number of urea groups is 1. The molecule has 1 aliphatic heterocycles. The van der Waals surface area contributed by atoms with Crippen molar-refractivity contribution in [3.63, 3.8) is 0 Å². The molecule has 0 atom stereocenters. The van der Waals surface area contributed by atoms with E-state index in [1.807, 2.05) is 0 Å². The lowest BCUT2D eigenvalue weighted by molar-refractivity contribution is -0.146. The molecule has 74 valence electrons. The maximum atomic E-state index is 11.0. The number of nitrogens with zero attached hydrogens (tertiary/aromatic N) is 2. The number of rotatable bonds is 2. The Balaban J connectivity index is 3.12. The zero-order chi connectivity index (χ0) is 10.9. The van der Waals surface area contributed by atoms with Crippen LogP contribution in [0.4, 0.5) is 4.79 Å². The fraction of sp³-hybridized carbons (Fsp3) is 0.167. The summed E-state index contributed by atoms with van der Waals surface area (Å²) in [5.41, 5.74) is 0. The summed E-state index contributed by atoms with van der Waals surface area (Å²) in [6, 6.07) is -1.32. The second kappa shape index (κ2) is 3.54. The van der Waals surface area contributed by atoms with Gasteiger partial charge in [-0.15, -0.1) is 11.6 Å². The number of hydrogen-bond donors (Lipinski definition) is 0. The van der Waals surface area contributed by atoms with Crippen molar-refractivity contribution in [3.8, 4) is 0 Å². The Morgan fingerprint density at radius 2 is 1.36 bits per heavy atom. The summed E-state index contributed by atoms with van der Waals surface area (Å²) in [4.78, 5) is 53.7. The molecule has 1 aliphatic rings. The number of amides is 6. The highest BCUT2D eigenvalue weighted by Crippen LogP contribution is 2.13. The van der Waals surface area contributed by atoms with Crippen molar-refractivity contribution in [2.24, 2.45) is 0 Å². The summed E-state index contributed by atoms with van der Waals surface area (Å²) in [7, 11) is 0. The van der Waals surface area contributed by atoms with Gasteiger partial charge < -0.3 is 0 Å². The van der Waals surface area contributed by atoms with E-state index in [0.29, 0.717) is 0 Å². The van der Waals surface area contributed by atoms with Gasteiger partial charge in [0.2, 0.25) is 12.8 Å². The van der Waals surface area contributed by atoms with Gasteiger partial charge in [0.05, 0.1) is 0 Å². The molecule has 7 nitrogen and oxygen atoms in total. The van der Waals surface area contributed by atoms with Gasteiger partial charge in [-0.2, -0.15) is 0 Å². The van der Waals surface area contributed by atoms with E-state index in [1.54, 1.807) is 0 Å². The van der Waals surface area contributed by atoms with Crippen LogP contribution < -0.4 is 0 Å². The van der Waals surface area contributed by atoms with Crippen molar-refractivity contribution in [2.75, 3.05) is 0 Å². The Kier molecular flexibility index (Phi) is 2.61. The van der Waals surface area contributed by atoms with Gasteiger partial charge in [0, 0.05) is 0 Å². The monoisotopic (exact) mass is 218 g/mol. The molecular formula is C6H3ClN2O5. The first-order valence-electron chi connectivity index (χ1n) is 3.29. The predicted molar refractivity (Wildman–Crippen MR) is 40.9 cm³/mol. The molecule has 0 radical (unpaired) electrons. The topological polar surface area (TPSA) is 91.8 Å². The van der Waals surface area contributed by atoms with Crippen LogP contribution in [0.5, 0.6) is 0 Å². The Morgan fingerprint density at radius 1 is 1.00 bits per heavy atom. The predicted octanol–water partition coefficient (Wildman–Crippen LogP) is -1.30. The number of carbonyl (C=O) groups excluding carboxylic acids is 5. The minimum Gasteiger partial charge on any atom is -0.278 e. The summed E-state index contributed by atoms with van der Waals surface area (Å²) in [5.74, 6) is -2.32. The van der Waals surface area contributed by atoms with Gasteiger partial charge in [-0.3, -0.25) is 19.2 Å². The number of carbonyl (C=O) groups is 5. The van der Waals surface area contributed by atoms with Crippen molar-refractivity contribution in [1.82, 2.24) is 9.80 Å². The molecular weight excluding hydrogens is 216 g/mol. The van der Waals surface area contributed by atoms with Gasteiger partial charge in [0.15, 0.2) is 5.38 Å². The molecule has 6 amide bonds. The second-order valence-electron chi connectivity index (χ2n) is 2.27. The molecule has 0 bridgehead atoms. The van der Waals surface area contributed by atoms with E-state index < -0.39 is 23.2 Å². The fourth-order valence-electron chi connectivity index (χ4n) is 0.849. The molecule has 0 aromatic heterocycles. The SMILES string of the molecule is O=CN1C(=O)C(Cl)C(=O)N(C=O)C1=O. The summed E-state index contributed by atoms with van der Waals surface area (Å²) < 4.78 is 0. The summed E-state index contributed by atoms with van der Waals surface area (Å²) in [6.07, 6.45) is -0.216. The molecule has 1 rings (SSSR count). The Morgan fingerprint density at radius 3 is 1.64 bits per heavy atom. The zero-order valence-corrected chi connectivity index (χ0v) is 7.30. The summed E-state index contributed by atoms with van der Waals surface area (Å²) in [5, 5.41) is -1.72. The normalized spacial score (nSPS) is 18.8. The first kappa shape index (κ1) is 10.3. The lowest BCUT2D eigenvalue weighted by Crippen LogP contribution is -2.59. The highest BCUT2D eigenvalue weighted by molar-refractivity contribution is 6.46. The smallest absolute Gasteiger partial charge is 0.278 e. The van der Waals surface area contributed by atoms with E-state index in [4.69, 9.17) is 11.6 Å². The third kappa shape index (κ3) is 1.27. The van der Waals surface area contributed by atoms with Crippen LogP contribution in [0.15, 0.2) is 0 Å². The number of halogens is 1. The standard InChI is InChI=1S/C6H3ClN2O5/c7-3-4(12)8(1-10)6(14)9(2-11)5(3)13/h1-3H. The van der Waals surface area contributed by atoms with Crippen LogP contribution in [-0.4, -0.2) is 45.8 Å². The number of alkyl halides is 1. The third-order valence-corrected chi connectivity index (χ3v) is 1.90. The molecule has 0 saturated carbocycles. The lowest BCUT2D eigenvalue weighted by atomic mass is 10.3. The van der Waals surface area contributed by atoms with Crippen LogP contribution in [0.1, 0.15) is 0 Å². The Bertz CT molecular complexity index is 311. The van der Waals surface area contributed by atoms with E-state index in [0.717, 1.165) is 0 Å². The van der Waals surface area contributed by atoms with Gasteiger partial charge in [0.1, 0.15) is 0 Å². The van der Waals surface area contributed by atoms with Crippen molar-refractivity contribution in [1.29, 1.82) is 0 Å². The van der Waals surface area contributed by atoms with Gasteiger partial charge in [-0.1, -0.05) is 0 Å². The van der Waals surface area contributed by atoms with Crippen molar-refractivity contribution in [3.05, 3.63) is 0 Å². The van der Waals surface area contributed by atoms with Crippen LogP contribution in [-0.2, 0) is 19.2 Å². The zero-order valence-electron chi connectivity index (χ0n) is 6.55. The van der Waals surface area contributed by atoms with Crippen molar-refractivity contribution < 1.29 is 24.0 Å². The van der Waals surface area contributed by atoms with Gasteiger partial charge in [-0.25, -0.2) is 14.6 Å². The van der Waals surface area contributed by atoms with E-state index in [-0.39, 0.29) is 22.6 Å². The minimum atomic E-state index is -1.72. The van der Waals surface area contributed by atoms with Gasteiger partial charge in [0.25, 0.3) is 11.8 Å². The van der Waals surface area contributed by atoms with Crippen LogP contribution >= 0.6 is 11.6 Å². The average Bonchev–Trinajstić information content (AvgIpc) is 2.16. The molecule has 0 N–H and O–H groups in total. The van der Waals surface area contributed by atoms with Gasteiger partial charge in [-0.05, 0) is 0 Å². The molecule has 0 spiro atoms. The molecule has 0 unspecified atom stereocenters. The summed E-state index contributed by atoms with van der Waals surface area (Å²) >= 11 is 5.28. The minimum absolute atomic E-state index is 0.0630. The van der Waals surface area contributed by atoms with E-state index >= 15 is 0 Å². The molecule has 14 heavy (non-hydrogen) atoms. The highest BCUT2D eigenvalue weighted by Gasteiger charge is 2.45. The molecule has 1 fully saturated rings. The molecule has 0 aromatic carbocycles. The quantitative estimate of drug-likeness (QED) is 0.326. The van der Waals surface area contributed by atoms with Crippen LogP contribution in [0.25, 0.3) is 0 Å². The molecule has 8 heteroatoms. The first-order valence-corrected chi connectivity index (χ1v) is 3.73. The molecule has 1 saturated heterocycles. The third-order valence-electron chi connectivity index (χ3n) is 1.53. The lowest BCUT2D eigenvalue weighted by Gasteiger charge is -2.27. The largest absolute Gasteiger partial charge is 0.346 e. The number of imide groups is 6. The van der Waals surface area contributed by atoms with Gasteiger partial charge >= 0.3 is 6.03 Å². The Labute approximate surface area is 82.2 Å². The van der Waals surface area contributed by atoms with Crippen molar-refractivity contribution >= 4 is 42.3 Å². The van der Waals surface area contributed by atoms with E-state index in [2.05, 4.69) is 0 Å². The second-order valence-corrected chi connectivity index (χ2v) is 2.71. The maximum absolute atomic E-state index is 11.0. The highest BCUT2D eigenvalue weighted by atomic mass is 35.5. The maximum Gasteiger partial charge on any atom is 0.346 e. The van der Waals surface area contributed by atoms with Crippen LogP contribution in [0.2, 0.25) is 0 Å². The molecule has 0 aromatic rings. The molecule has 0 aliphatic carbocycles. The first-order chi connectivity index (χ1) is 6.54. The van der Waals surface area contributed by atoms with Crippen LogP contribution in [0.3, 0.4) is 0 Å². The Hall–Kier alpha value is -1.76. The van der Waals surface area contributed by atoms with E-state index in [9.17, 15) is 24.0 Å². The number of hydrogen-bond acceptors (Lipinski definition) is 5.